The minimum absolute atomic E-state index is 0.0403. The lowest BCUT2D eigenvalue weighted by atomic mass is 9.78. The Labute approximate surface area is 321 Å². The van der Waals surface area contributed by atoms with Crippen LogP contribution in [0.5, 0.6) is 5.75 Å². The van der Waals surface area contributed by atoms with Crippen LogP contribution < -0.4 is 5.32 Å². The number of nitrogens with zero attached hydrogens (tertiary/aromatic N) is 4. The van der Waals surface area contributed by atoms with Crippen molar-refractivity contribution in [1.82, 2.24) is 19.6 Å². The molecule has 4 heterocycles. The van der Waals surface area contributed by atoms with Crippen LogP contribution in [0.1, 0.15) is 74.1 Å². The number of para-hydroxylation sites is 1. The molecule has 0 spiro atoms. The highest BCUT2D eigenvalue weighted by molar-refractivity contribution is 5.91. The third-order valence-electron chi connectivity index (χ3n) is 12.0. The number of aryl methyl sites for hydroxylation is 2. The van der Waals surface area contributed by atoms with E-state index in [-0.39, 0.29) is 36.0 Å². The van der Waals surface area contributed by atoms with E-state index >= 15 is 0 Å². The SMILES string of the molecule is COC(=O)CCN1CCC(C2CCN(C(=O)[C@H](C)Cc3cc(C)c(O)c(C)c3)CC2)CC1.COC(=O)N1CCC(N2CCc3ccccc3NC2=O)CC1. The first-order chi connectivity index (χ1) is 26.0. The summed E-state index contributed by atoms with van der Waals surface area (Å²) in [6.45, 7) is 12.5. The average molecular weight is 748 g/mol. The molecule has 12 heteroatoms. The smallest absolute Gasteiger partial charge is 0.409 e. The van der Waals surface area contributed by atoms with Crippen molar-refractivity contribution in [2.24, 2.45) is 17.8 Å². The fourth-order valence-corrected chi connectivity index (χ4v) is 8.73. The number of methoxy groups -OCH3 is 2. The lowest BCUT2D eigenvalue weighted by molar-refractivity contribution is -0.141. The predicted molar refractivity (Wildman–Crippen MR) is 208 cm³/mol. The number of carbonyl (C=O) groups excluding carboxylic acids is 4. The van der Waals surface area contributed by atoms with Gasteiger partial charge in [-0.05, 0) is 118 Å². The fraction of sp³-hybridized carbons (Fsp3) is 0.619. The van der Waals surface area contributed by atoms with Crippen LogP contribution in [0.15, 0.2) is 36.4 Å². The number of urea groups is 1. The molecule has 3 saturated heterocycles. The lowest BCUT2D eigenvalue weighted by Gasteiger charge is -2.40. The van der Waals surface area contributed by atoms with Gasteiger partial charge in [0.1, 0.15) is 5.75 Å². The molecule has 4 aliphatic rings. The Kier molecular flexibility index (Phi) is 14.6. The molecule has 1 atom stereocenters. The Bertz CT molecular complexity index is 1570. The molecule has 0 saturated carbocycles. The number of amides is 4. The molecule has 6 rings (SSSR count). The molecule has 4 amide bonds. The first-order valence-electron chi connectivity index (χ1n) is 19.8. The van der Waals surface area contributed by atoms with E-state index in [0.29, 0.717) is 44.1 Å². The van der Waals surface area contributed by atoms with E-state index in [1.165, 1.54) is 32.6 Å². The van der Waals surface area contributed by atoms with Gasteiger partial charge in [0.2, 0.25) is 5.91 Å². The molecule has 0 unspecified atom stereocenters. The van der Waals surface area contributed by atoms with Gasteiger partial charge in [-0.15, -0.1) is 0 Å². The number of esters is 1. The highest BCUT2D eigenvalue weighted by Gasteiger charge is 2.33. The Morgan fingerprint density at radius 3 is 2.04 bits per heavy atom. The quantitative estimate of drug-likeness (QED) is 0.314. The van der Waals surface area contributed by atoms with Crippen molar-refractivity contribution in [3.05, 3.63) is 58.7 Å². The summed E-state index contributed by atoms with van der Waals surface area (Å²) in [5, 5.41) is 13.0. The minimum atomic E-state index is -0.286. The maximum absolute atomic E-state index is 13.0. The van der Waals surface area contributed by atoms with E-state index in [1.54, 1.807) is 4.90 Å². The Balaban J connectivity index is 0.000000222. The van der Waals surface area contributed by atoms with Gasteiger partial charge < -0.3 is 39.5 Å². The molecule has 0 radical (unpaired) electrons. The molecule has 3 fully saturated rings. The van der Waals surface area contributed by atoms with Gasteiger partial charge in [-0.2, -0.15) is 0 Å². The Morgan fingerprint density at radius 1 is 0.833 bits per heavy atom. The monoisotopic (exact) mass is 747 g/mol. The number of anilines is 1. The number of hydrogen-bond donors (Lipinski definition) is 2. The second-order valence-electron chi connectivity index (χ2n) is 15.6. The van der Waals surface area contributed by atoms with Crippen LogP contribution >= 0.6 is 0 Å². The minimum Gasteiger partial charge on any atom is -0.507 e. The lowest BCUT2D eigenvalue weighted by Crippen LogP contribution is -2.50. The van der Waals surface area contributed by atoms with Crippen molar-refractivity contribution >= 4 is 29.7 Å². The summed E-state index contributed by atoms with van der Waals surface area (Å²) in [6, 6.07) is 12.1. The summed E-state index contributed by atoms with van der Waals surface area (Å²) in [7, 11) is 2.84. The number of phenols is 1. The second-order valence-corrected chi connectivity index (χ2v) is 15.6. The number of nitrogens with one attached hydrogen (secondary N) is 1. The van der Waals surface area contributed by atoms with Crippen LogP contribution in [0, 0.1) is 31.6 Å². The van der Waals surface area contributed by atoms with E-state index < -0.39 is 0 Å². The Hall–Kier alpha value is -4.32. The summed E-state index contributed by atoms with van der Waals surface area (Å²) < 4.78 is 9.49. The van der Waals surface area contributed by atoms with Gasteiger partial charge in [0.25, 0.3) is 0 Å². The van der Waals surface area contributed by atoms with E-state index in [9.17, 15) is 24.3 Å². The van der Waals surface area contributed by atoms with Crippen molar-refractivity contribution in [2.75, 3.05) is 71.9 Å². The third-order valence-corrected chi connectivity index (χ3v) is 12.0. The van der Waals surface area contributed by atoms with Crippen molar-refractivity contribution in [1.29, 1.82) is 0 Å². The number of benzene rings is 2. The standard InChI is InChI=1S/C26H40N2O4.C16H21N3O3/c1-18-15-21(16-19(2)25(18)30)17-20(3)26(31)28-13-7-23(8-14-28)22-5-10-27(11-6-22)12-9-24(29)32-4;1-22-16(21)18-9-7-13(8-10-18)19-11-6-12-4-2-3-5-14(12)17-15(19)20/h15-16,20,22-23,30H,5-14,17H2,1-4H3;2-5,13H,6-11H2,1H3,(H,17,20)/t20-;/m1./s1. The molecule has 2 aromatic carbocycles. The predicted octanol–water partition coefficient (Wildman–Crippen LogP) is 6.01. The van der Waals surface area contributed by atoms with Gasteiger partial charge in [0.05, 0.1) is 20.6 Å². The topological polar surface area (TPSA) is 132 Å². The van der Waals surface area contributed by atoms with Crippen LogP contribution in [-0.2, 0) is 31.9 Å². The van der Waals surface area contributed by atoms with Crippen LogP contribution in [-0.4, -0.2) is 121 Å². The van der Waals surface area contributed by atoms with Crippen LogP contribution in [0.4, 0.5) is 15.3 Å². The fourth-order valence-electron chi connectivity index (χ4n) is 8.73. The summed E-state index contributed by atoms with van der Waals surface area (Å²) in [6.07, 6.45) is 7.92. The number of carbonyl (C=O) groups is 4. The second kappa shape index (κ2) is 19.3. The highest BCUT2D eigenvalue weighted by Crippen LogP contribution is 2.33. The molecule has 12 nitrogen and oxygen atoms in total. The number of likely N-dealkylation sites (tertiary alicyclic amines) is 3. The van der Waals surface area contributed by atoms with E-state index in [1.807, 2.05) is 56.0 Å². The number of piperidine rings is 3. The van der Waals surface area contributed by atoms with Gasteiger partial charge in [0.15, 0.2) is 0 Å². The maximum Gasteiger partial charge on any atom is 0.409 e. The van der Waals surface area contributed by atoms with Crippen LogP contribution in [0.3, 0.4) is 0 Å². The molecule has 296 valence electrons. The first-order valence-corrected chi connectivity index (χ1v) is 19.8. The molecule has 0 aromatic heterocycles. The zero-order valence-corrected chi connectivity index (χ0v) is 33.0. The van der Waals surface area contributed by atoms with Crippen LogP contribution in [0.25, 0.3) is 0 Å². The maximum atomic E-state index is 13.0. The number of aromatic hydroxyl groups is 1. The molecule has 54 heavy (non-hydrogen) atoms. The zero-order valence-electron chi connectivity index (χ0n) is 33.0. The van der Waals surface area contributed by atoms with Gasteiger partial charge >= 0.3 is 18.1 Å². The zero-order chi connectivity index (χ0) is 38.8. The largest absolute Gasteiger partial charge is 0.507 e. The number of hydrogen-bond acceptors (Lipinski definition) is 8. The summed E-state index contributed by atoms with van der Waals surface area (Å²) in [5.74, 6) is 1.87. The van der Waals surface area contributed by atoms with E-state index in [2.05, 4.69) is 21.2 Å². The van der Waals surface area contributed by atoms with Gasteiger partial charge in [-0.25, -0.2) is 9.59 Å². The number of rotatable bonds is 8. The average Bonchev–Trinajstić information content (AvgIpc) is 3.36. The normalized spacial score (nSPS) is 19.5. The number of phenolic OH excluding ortho intramolecular Hbond substituents is 1. The molecule has 4 aliphatic heterocycles. The van der Waals surface area contributed by atoms with Gasteiger partial charge in [0, 0.05) is 56.9 Å². The molecule has 2 N–H and O–H groups in total. The van der Waals surface area contributed by atoms with E-state index in [0.717, 1.165) is 93.1 Å². The summed E-state index contributed by atoms with van der Waals surface area (Å²) in [4.78, 5) is 56.4. The first kappa shape index (κ1) is 40.9. The van der Waals surface area contributed by atoms with Gasteiger partial charge in [-0.3, -0.25) is 9.59 Å². The van der Waals surface area contributed by atoms with Crippen molar-refractivity contribution in [3.8, 4) is 5.75 Å². The van der Waals surface area contributed by atoms with Gasteiger partial charge in [-0.1, -0.05) is 37.3 Å². The molecular weight excluding hydrogens is 686 g/mol. The molecule has 0 bridgehead atoms. The van der Waals surface area contributed by atoms with Crippen LogP contribution in [0.2, 0.25) is 0 Å². The van der Waals surface area contributed by atoms with E-state index in [4.69, 9.17) is 9.47 Å². The Morgan fingerprint density at radius 2 is 1.43 bits per heavy atom. The molecule has 2 aromatic rings. The molecule has 0 aliphatic carbocycles. The van der Waals surface area contributed by atoms with Crippen molar-refractivity contribution in [3.63, 3.8) is 0 Å². The highest BCUT2D eigenvalue weighted by atomic mass is 16.5. The molecular formula is C42H61N5O7. The van der Waals surface area contributed by atoms with Crippen molar-refractivity contribution < 1.29 is 33.8 Å². The summed E-state index contributed by atoms with van der Waals surface area (Å²) >= 11 is 0. The third kappa shape index (κ3) is 10.7. The number of fused-ring (bicyclic) bond motifs is 1. The summed E-state index contributed by atoms with van der Waals surface area (Å²) in [5.41, 5.74) is 4.94. The number of ether oxygens (including phenoxy) is 2. The van der Waals surface area contributed by atoms with Crippen molar-refractivity contribution in [2.45, 2.75) is 84.6 Å².